The lowest BCUT2D eigenvalue weighted by molar-refractivity contribution is 0.724. The molecule has 1 aliphatic rings. The normalized spacial score (nSPS) is 16.1. The van der Waals surface area contributed by atoms with Gasteiger partial charge in [0, 0.05) is 43.7 Å². The Labute approximate surface area is 112 Å². The second-order valence-electron chi connectivity index (χ2n) is 4.59. The number of pyridine rings is 1. The van der Waals surface area contributed by atoms with Gasteiger partial charge in [0.15, 0.2) is 0 Å². The summed E-state index contributed by atoms with van der Waals surface area (Å²) in [6.07, 6.45) is 6.36. The second-order valence-corrected chi connectivity index (χ2v) is 4.59. The SMILES string of the molecule is c1cc(-c2cc(N3CCCNCC3)ncn2)ccn1. The number of hydrogen-bond acceptors (Lipinski definition) is 5. The standard InChI is InChI=1S/C14H17N5/c1-4-15-7-9-19(8-1)14-10-13(17-11-18-14)12-2-5-16-6-3-12/h2-3,5-6,10-11,15H,1,4,7-9H2. The molecule has 0 atom stereocenters. The molecule has 0 spiro atoms. The summed E-state index contributed by atoms with van der Waals surface area (Å²) in [6.45, 7) is 4.12. The Bertz CT molecular complexity index is 520. The summed E-state index contributed by atoms with van der Waals surface area (Å²) >= 11 is 0. The first-order valence-corrected chi connectivity index (χ1v) is 6.61. The van der Waals surface area contributed by atoms with Gasteiger partial charge < -0.3 is 10.2 Å². The van der Waals surface area contributed by atoms with Crippen molar-refractivity contribution in [3.63, 3.8) is 0 Å². The van der Waals surface area contributed by atoms with E-state index in [0.717, 1.165) is 49.7 Å². The van der Waals surface area contributed by atoms with Crippen LogP contribution in [0.1, 0.15) is 6.42 Å². The van der Waals surface area contributed by atoms with Crippen molar-refractivity contribution in [2.75, 3.05) is 31.1 Å². The van der Waals surface area contributed by atoms with Crippen LogP contribution in [0.5, 0.6) is 0 Å². The summed E-state index contributed by atoms with van der Waals surface area (Å²) < 4.78 is 0. The van der Waals surface area contributed by atoms with Gasteiger partial charge in [-0.25, -0.2) is 9.97 Å². The monoisotopic (exact) mass is 255 g/mol. The van der Waals surface area contributed by atoms with Crippen LogP contribution in [0.2, 0.25) is 0 Å². The third-order valence-corrected chi connectivity index (χ3v) is 3.29. The minimum Gasteiger partial charge on any atom is -0.355 e. The van der Waals surface area contributed by atoms with Crippen LogP contribution in [0.25, 0.3) is 11.3 Å². The van der Waals surface area contributed by atoms with Crippen LogP contribution in [0.4, 0.5) is 5.82 Å². The van der Waals surface area contributed by atoms with Crippen molar-refractivity contribution < 1.29 is 0 Å². The van der Waals surface area contributed by atoms with Gasteiger partial charge in [-0.1, -0.05) is 0 Å². The molecule has 1 aliphatic heterocycles. The summed E-state index contributed by atoms with van der Waals surface area (Å²) in [5.41, 5.74) is 2.02. The highest BCUT2D eigenvalue weighted by Gasteiger charge is 2.11. The van der Waals surface area contributed by atoms with Crippen molar-refractivity contribution in [2.45, 2.75) is 6.42 Å². The van der Waals surface area contributed by atoms with E-state index in [-0.39, 0.29) is 0 Å². The molecule has 0 radical (unpaired) electrons. The number of nitrogens with zero attached hydrogens (tertiary/aromatic N) is 4. The quantitative estimate of drug-likeness (QED) is 0.877. The maximum absolute atomic E-state index is 4.40. The van der Waals surface area contributed by atoms with E-state index in [0.29, 0.717) is 0 Å². The Kier molecular flexibility index (Phi) is 3.65. The fourth-order valence-corrected chi connectivity index (χ4v) is 2.28. The van der Waals surface area contributed by atoms with Crippen LogP contribution in [-0.4, -0.2) is 41.1 Å². The van der Waals surface area contributed by atoms with Crippen LogP contribution in [0, 0.1) is 0 Å². The number of hydrogen-bond donors (Lipinski definition) is 1. The average molecular weight is 255 g/mol. The molecule has 1 saturated heterocycles. The topological polar surface area (TPSA) is 53.9 Å². The fraction of sp³-hybridized carbons (Fsp3) is 0.357. The summed E-state index contributed by atoms with van der Waals surface area (Å²) in [6, 6.07) is 5.99. The third kappa shape index (κ3) is 2.88. The lowest BCUT2D eigenvalue weighted by atomic mass is 10.2. The predicted molar refractivity (Wildman–Crippen MR) is 75.0 cm³/mol. The molecule has 2 aromatic heterocycles. The van der Waals surface area contributed by atoms with Gasteiger partial charge >= 0.3 is 0 Å². The molecular weight excluding hydrogens is 238 g/mol. The molecule has 1 fully saturated rings. The van der Waals surface area contributed by atoms with E-state index in [2.05, 4.69) is 31.2 Å². The Balaban J connectivity index is 1.87. The van der Waals surface area contributed by atoms with Crippen molar-refractivity contribution >= 4 is 5.82 Å². The summed E-state index contributed by atoms with van der Waals surface area (Å²) in [4.78, 5) is 15.1. The summed E-state index contributed by atoms with van der Waals surface area (Å²) in [7, 11) is 0. The van der Waals surface area contributed by atoms with E-state index < -0.39 is 0 Å². The van der Waals surface area contributed by atoms with E-state index in [9.17, 15) is 0 Å². The van der Waals surface area contributed by atoms with Gasteiger partial charge in [-0.2, -0.15) is 0 Å². The molecule has 0 amide bonds. The Morgan fingerprint density at radius 3 is 2.84 bits per heavy atom. The largest absolute Gasteiger partial charge is 0.355 e. The highest BCUT2D eigenvalue weighted by Crippen LogP contribution is 2.20. The molecule has 0 saturated carbocycles. The van der Waals surface area contributed by atoms with Crippen molar-refractivity contribution in [1.29, 1.82) is 0 Å². The van der Waals surface area contributed by atoms with Crippen LogP contribution in [-0.2, 0) is 0 Å². The third-order valence-electron chi connectivity index (χ3n) is 3.29. The number of aromatic nitrogens is 3. The van der Waals surface area contributed by atoms with E-state index in [1.54, 1.807) is 18.7 Å². The molecule has 5 heteroatoms. The lowest BCUT2D eigenvalue weighted by Crippen LogP contribution is -2.28. The first kappa shape index (κ1) is 12.0. The highest BCUT2D eigenvalue weighted by atomic mass is 15.2. The van der Waals surface area contributed by atoms with Crippen molar-refractivity contribution in [2.24, 2.45) is 0 Å². The first-order chi connectivity index (χ1) is 9.43. The zero-order valence-corrected chi connectivity index (χ0v) is 10.8. The molecule has 5 nitrogen and oxygen atoms in total. The fourth-order valence-electron chi connectivity index (χ4n) is 2.28. The van der Waals surface area contributed by atoms with Crippen LogP contribution in [0.15, 0.2) is 36.9 Å². The smallest absolute Gasteiger partial charge is 0.132 e. The molecule has 0 aliphatic carbocycles. The molecule has 0 unspecified atom stereocenters. The minimum atomic E-state index is 0.949. The second kappa shape index (κ2) is 5.75. The Morgan fingerprint density at radius 2 is 1.95 bits per heavy atom. The summed E-state index contributed by atoms with van der Waals surface area (Å²) in [5.74, 6) is 1.01. The van der Waals surface area contributed by atoms with Crippen molar-refractivity contribution in [3.8, 4) is 11.3 Å². The van der Waals surface area contributed by atoms with E-state index in [1.165, 1.54) is 0 Å². The lowest BCUT2D eigenvalue weighted by Gasteiger charge is -2.21. The van der Waals surface area contributed by atoms with Crippen molar-refractivity contribution in [3.05, 3.63) is 36.9 Å². The van der Waals surface area contributed by atoms with Gasteiger partial charge in [0.1, 0.15) is 12.1 Å². The molecule has 19 heavy (non-hydrogen) atoms. The molecule has 0 bridgehead atoms. The van der Waals surface area contributed by atoms with Gasteiger partial charge in [0.25, 0.3) is 0 Å². The van der Waals surface area contributed by atoms with Crippen LogP contribution < -0.4 is 10.2 Å². The maximum Gasteiger partial charge on any atom is 0.132 e. The molecule has 0 aromatic carbocycles. The van der Waals surface area contributed by atoms with Gasteiger partial charge in [-0.3, -0.25) is 4.98 Å². The molecule has 2 aromatic rings. The Hall–Kier alpha value is -2.01. The number of nitrogens with one attached hydrogen (secondary N) is 1. The summed E-state index contributed by atoms with van der Waals surface area (Å²) in [5, 5.41) is 3.40. The van der Waals surface area contributed by atoms with E-state index in [1.807, 2.05) is 12.1 Å². The zero-order valence-electron chi connectivity index (χ0n) is 10.8. The predicted octanol–water partition coefficient (Wildman–Crippen LogP) is 1.34. The van der Waals surface area contributed by atoms with E-state index in [4.69, 9.17) is 0 Å². The molecule has 98 valence electrons. The minimum absolute atomic E-state index is 0.949. The van der Waals surface area contributed by atoms with Crippen molar-refractivity contribution in [1.82, 2.24) is 20.3 Å². The first-order valence-electron chi connectivity index (χ1n) is 6.61. The number of anilines is 1. The van der Waals surface area contributed by atoms with Gasteiger partial charge in [0.05, 0.1) is 5.69 Å². The molecule has 1 N–H and O–H groups in total. The van der Waals surface area contributed by atoms with Crippen LogP contribution in [0.3, 0.4) is 0 Å². The number of rotatable bonds is 2. The van der Waals surface area contributed by atoms with Gasteiger partial charge in [0.2, 0.25) is 0 Å². The Morgan fingerprint density at radius 1 is 1.05 bits per heavy atom. The van der Waals surface area contributed by atoms with Crippen LogP contribution >= 0.6 is 0 Å². The average Bonchev–Trinajstić information content (AvgIpc) is 2.77. The molecule has 3 rings (SSSR count). The van der Waals surface area contributed by atoms with Gasteiger partial charge in [-0.15, -0.1) is 0 Å². The molecular formula is C14H17N5. The molecule has 3 heterocycles. The van der Waals surface area contributed by atoms with E-state index >= 15 is 0 Å². The zero-order chi connectivity index (χ0) is 12.9. The van der Waals surface area contributed by atoms with Gasteiger partial charge in [-0.05, 0) is 25.1 Å². The highest BCUT2D eigenvalue weighted by molar-refractivity contribution is 5.61. The maximum atomic E-state index is 4.40.